The summed E-state index contributed by atoms with van der Waals surface area (Å²) in [6.45, 7) is 0. The molecule has 2 aromatic rings. The SMILES string of the molecule is O=C(CCc1ccncc1)Nc1ccc(F)cc1F. The van der Waals surface area contributed by atoms with Gasteiger partial charge in [0.2, 0.25) is 5.91 Å². The van der Waals surface area contributed by atoms with Crippen molar-refractivity contribution in [3.63, 3.8) is 0 Å². The van der Waals surface area contributed by atoms with E-state index in [-0.39, 0.29) is 18.0 Å². The Morgan fingerprint density at radius 2 is 1.89 bits per heavy atom. The standard InChI is InChI=1S/C14H12F2N2O/c15-11-2-3-13(12(16)9-11)18-14(19)4-1-10-5-7-17-8-6-10/h2-3,5-9H,1,4H2,(H,18,19). The fourth-order valence-electron chi connectivity index (χ4n) is 1.61. The Morgan fingerprint density at radius 3 is 2.58 bits per heavy atom. The lowest BCUT2D eigenvalue weighted by molar-refractivity contribution is -0.116. The molecule has 98 valence electrons. The Labute approximate surface area is 109 Å². The van der Waals surface area contributed by atoms with Crippen molar-refractivity contribution in [3.8, 4) is 0 Å². The third-order valence-corrected chi connectivity index (χ3v) is 2.60. The van der Waals surface area contributed by atoms with E-state index < -0.39 is 11.6 Å². The number of amides is 1. The van der Waals surface area contributed by atoms with Crippen LogP contribution in [0.2, 0.25) is 0 Å². The Hall–Kier alpha value is -2.30. The molecule has 0 fully saturated rings. The molecule has 0 aliphatic heterocycles. The van der Waals surface area contributed by atoms with Crippen molar-refractivity contribution in [3.05, 3.63) is 59.9 Å². The van der Waals surface area contributed by atoms with Crippen molar-refractivity contribution in [1.29, 1.82) is 0 Å². The molecule has 0 saturated heterocycles. The lowest BCUT2D eigenvalue weighted by atomic mass is 10.1. The maximum atomic E-state index is 13.3. The van der Waals surface area contributed by atoms with E-state index in [4.69, 9.17) is 0 Å². The average Bonchev–Trinajstić information content (AvgIpc) is 2.41. The summed E-state index contributed by atoms with van der Waals surface area (Å²) in [5.41, 5.74) is 0.964. The first-order valence-electron chi connectivity index (χ1n) is 5.79. The second-order valence-corrected chi connectivity index (χ2v) is 4.03. The number of anilines is 1. The average molecular weight is 262 g/mol. The fraction of sp³-hybridized carbons (Fsp3) is 0.143. The molecule has 19 heavy (non-hydrogen) atoms. The number of nitrogens with one attached hydrogen (secondary N) is 1. The highest BCUT2D eigenvalue weighted by Crippen LogP contribution is 2.15. The largest absolute Gasteiger partial charge is 0.324 e. The van der Waals surface area contributed by atoms with Crippen LogP contribution in [0.3, 0.4) is 0 Å². The number of benzene rings is 1. The van der Waals surface area contributed by atoms with Crippen LogP contribution in [-0.2, 0) is 11.2 Å². The minimum atomic E-state index is -0.780. The van der Waals surface area contributed by atoms with Crippen molar-refractivity contribution in [2.75, 3.05) is 5.32 Å². The van der Waals surface area contributed by atoms with Gasteiger partial charge in [-0.05, 0) is 36.2 Å². The number of hydrogen-bond acceptors (Lipinski definition) is 2. The third kappa shape index (κ3) is 3.84. The molecular formula is C14H12F2N2O. The molecule has 1 amide bonds. The number of aromatic nitrogens is 1. The maximum absolute atomic E-state index is 13.3. The van der Waals surface area contributed by atoms with Gasteiger partial charge in [-0.3, -0.25) is 9.78 Å². The Bertz CT molecular complexity index is 573. The molecule has 0 atom stereocenters. The minimum absolute atomic E-state index is 0.0128. The van der Waals surface area contributed by atoms with Gasteiger partial charge in [0.05, 0.1) is 5.69 Å². The molecule has 2 rings (SSSR count). The van der Waals surface area contributed by atoms with Crippen molar-refractivity contribution < 1.29 is 13.6 Å². The van der Waals surface area contributed by atoms with Crippen LogP contribution in [0.15, 0.2) is 42.7 Å². The number of halogens is 2. The highest BCUT2D eigenvalue weighted by Gasteiger charge is 2.08. The molecule has 1 aromatic carbocycles. The van der Waals surface area contributed by atoms with E-state index in [1.54, 1.807) is 12.4 Å². The summed E-state index contributed by atoms with van der Waals surface area (Å²) in [5, 5.41) is 2.41. The number of aryl methyl sites for hydroxylation is 1. The molecule has 3 nitrogen and oxygen atoms in total. The second kappa shape index (κ2) is 6.04. The number of carbonyl (C=O) groups excluding carboxylic acids is 1. The molecule has 0 aliphatic carbocycles. The molecule has 1 heterocycles. The van der Waals surface area contributed by atoms with Crippen LogP contribution in [0, 0.1) is 11.6 Å². The first kappa shape index (κ1) is 13.1. The van der Waals surface area contributed by atoms with Gasteiger partial charge in [0.15, 0.2) is 0 Å². The van der Waals surface area contributed by atoms with Crippen molar-refractivity contribution in [1.82, 2.24) is 4.98 Å². The summed E-state index contributed by atoms with van der Waals surface area (Å²) in [4.78, 5) is 15.5. The Balaban J connectivity index is 1.91. The number of carbonyl (C=O) groups is 1. The van der Waals surface area contributed by atoms with Crippen LogP contribution < -0.4 is 5.32 Å². The first-order chi connectivity index (χ1) is 9.15. The molecule has 0 unspecified atom stereocenters. The predicted molar refractivity (Wildman–Crippen MR) is 67.5 cm³/mol. The van der Waals surface area contributed by atoms with Crippen molar-refractivity contribution >= 4 is 11.6 Å². The topological polar surface area (TPSA) is 42.0 Å². The van der Waals surface area contributed by atoms with Gasteiger partial charge in [-0.1, -0.05) is 0 Å². The van der Waals surface area contributed by atoms with E-state index in [0.717, 1.165) is 17.7 Å². The Kier molecular flexibility index (Phi) is 4.18. The maximum Gasteiger partial charge on any atom is 0.224 e. The van der Waals surface area contributed by atoms with Crippen LogP contribution >= 0.6 is 0 Å². The quantitative estimate of drug-likeness (QED) is 0.920. The highest BCUT2D eigenvalue weighted by atomic mass is 19.1. The summed E-state index contributed by atoms with van der Waals surface area (Å²) in [7, 11) is 0. The van der Waals surface area contributed by atoms with Gasteiger partial charge >= 0.3 is 0 Å². The lowest BCUT2D eigenvalue weighted by Crippen LogP contribution is -2.13. The van der Waals surface area contributed by atoms with Crippen molar-refractivity contribution in [2.45, 2.75) is 12.8 Å². The van der Waals surface area contributed by atoms with Gasteiger partial charge in [-0.15, -0.1) is 0 Å². The van der Waals surface area contributed by atoms with E-state index in [1.807, 2.05) is 12.1 Å². The molecule has 1 N–H and O–H groups in total. The van der Waals surface area contributed by atoms with Gasteiger partial charge in [0, 0.05) is 24.9 Å². The zero-order valence-electron chi connectivity index (χ0n) is 10.1. The predicted octanol–water partition coefficient (Wildman–Crippen LogP) is 2.93. The molecule has 5 heteroatoms. The minimum Gasteiger partial charge on any atom is -0.324 e. The van der Waals surface area contributed by atoms with E-state index in [2.05, 4.69) is 10.3 Å². The molecule has 0 spiro atoms. The van der Waals surface area contributed by atoms with E-state index >= 15 is 0 Å². The van der Waals surface area contributed by atoms with Crippen LogP contribution in [0.1, 0.15) is 12.0 Å². The third-order valence-electron chi connectivity index (χ3n) is 2.60. The molecule has 0 radical (unpaired) electrons. The summed E-state index contributed by atoms with van der Waals surface area (Å²) < 4.78 is 26.0. The van der Waals surface area contributed by atoms with Crippen molar-refractivity contribution in [2.24, 2.45) is 0 Å². The number of pyridine rings is 1. The van der Waals surface area contributed by atoms with Crippen LogP contribution in [0.5, 0.6) is 0 Å². The summed E-state index contributed by atoms with van der Waals surface area (Å²) >= 11 is 0. The van der Waals surface area contributed by atoms with Gasteiger partial charge in [0.1, 0.15) is 11.6 Å². The van der Waals surface area contributed by atoms with Gasteiger partial charge in [-0.2, -0.15) is 0 Å². The second-order valence-electron chi connectivity index (χ2n) is 4.03. The fourth-order valence-corrected chi connectivity index (χ4v) is 1.61. The highest BCUT2D eigenvalue weighted by molar-refractivity contribution is 5.90. The Morgan fingerprint density at radius 1 is 1.16 bits per heavy atom. The zero-order valence-corrected chi connectivity index (χ0v) is 10.1. The number of nitrogens with zero attached hydrogens (tertiary/aromatic N) is 1. The van der Waals surface area contributed by atoms with Crippen LogP contribution in [-0.4, -0.2) is 10.9 Å². The molecule has 0 bridgehead atoms. The van der Waals surface area contributed by atoms with E-state index in [9.17, 15) is 13.6 Å². The number of rotatable bonds is 4. The molecule has 1 aromatic heterocycles. The number of hydrogen-bond donors (Lipinski definition) is 1. The molecule has 0 aliphatic rings. The summed E-state index contributed by atoms with van der Waals surface area (Å²) in [5.74, 6) is -1.77. The van der Waals surface area contributed by atoms with Crippen LogP contribution in [0.4, 0.5) is 14.5 Å². The summed E-state index contributed by atoms with van der Waals surface area (Å²) in [6.07, 6.45) is 4.05. The normalized spacial score (nSPS) is 10.2. The van der Waals surface area contributed by atoms with Gasteiger partial charge < -0.3 is 5.32 Å². The van der Waals surface area contributed by atoms with E-state index in [1.165, 1.54) is 6.07 Å². The van der Waals surface area contributed by atoms with Gasteiger partial charge in [0.25, 0.3) is 0 Å². The van der Waals surface area contributed by atoms with E-state index in [0.29, 0.717) is 6.42 Å². The monoisotopic (exact) mass is 262 g/mol. The molecular weight excluding hydrogens is 250 g/mol. The van der Waals surface area contributed by atoms with Crippen LogP contribution in [0.25, 0.3) is 0 Å². The smallest absolute Gasteiger partial charge is 0.224 e. The first-order valence-corrected chi connectivity index (χ1v) is 5.79. The van der Waals surface area contributed by atoms with Gasteiger partial charge in [-0.25, -0.2) is 8.78 Å². The summed E-state index contributed by atoms with van der Waals surface area (Å²) in [6, 6.07) is 6.66. The lowest BCUT2D eigenvalue weighted by Gasteiger charge is -2.06. The zero-order chi connectivity index (χ0) is 13.7. The molecule has 0 saturated carbocycles.